The van der Waals surface area contributed by atoms with Gasteiger partial charge in [0.15, 0.2) is 0 Å². The van der Waals surface area contributed by atoms with Gasteiger partial charge in [0.2, 0.25) is 0 Å². The van der Waals surface area contributed by atoms with Crippen molar-refractivity contribution >= 4 is 17.3 Å². The van der Waals surface area contributed by atoms with Crippen LogP contribution in [0.1, 0.15) is 18.5 Å². The first kappa shape index (κ1) is 8.37. The third kappa shape index (κ3) is 1.64. The molecule has 1 aromatic rings. The highest BCUT2D eigenvalue weighted by molar-refractivity contribution is 6.31. The highest BCUT2D eigenvalue weighted by Gasteiger charge is 2.07. The van der Waals surface area contributed by atoms with E-state index in [0.717, 1.165) is 5.56 Å². The van der Waals surface area contributed by atoms with Crippen LogP contribution in [-0.2, 0) is 0 Å². The second kappa shape index (κ2) is 3.11. The van der Waals surface area contributed by atoms with Crippen molar-refractivity contribution in [3.05, 3.63) is 28.8 Å². The topological polar surface area (TPSA) is 52.0 Å². The van der Waals surface area contributed by atoms with Gasteiger partial charge in [0, 0.05) is 22.3 Å². The predicted molar refractivity (Wildman–Crippen MR) is 48.5 cm³/mol. The first-order valence-corrected chi connectivity index (χ1v) is 3.80. The van der Waals surface area contributed by atoms with Crippen LogP contribution < -0.4 is 11.5 Å². The van der Waals surface area contributed by atoms with Crippen molar-refractivity contribution in [2.75, 3.05) is 5.73 Å². The average molecular weight is 171 g/mol. The fraction of sp³-hybridized carbons (Fsp3) is 0.250. The van der Waals surface area contributed by atoms with Gasteiger partial charge < -0.3 is 11.5 Å². The predicted octanol–water partition coefficient (Wildman–Crippen LogP) is 1.94. The van der Waals surface area contributed by atoms with Crippen LogP contribution in [-0.4, -0.2) is 0 Å². The molecule has 0 bridgehead atoms. The van der Waals surface area contributed by atoms with Crippen LogP contribution in [0.2, 0.25) is 5.02 Å². The van der Waals surface area contributed by atoms with Gasteiger partial charge >= 0.3 is 0 Å². The Morgan fingerprint density at radius 3 is 2.45 bits per heavy atom. The maximum absolute atomic E-state index is 5.86. The van der Waals surface area contributed by atoms with E-state index in [-0.39, 0.29) is 6.04 Å². The molecule has 60 valence electrons. The maximum atomic E-state index is 5.86. The lowest BCUT2D eigenvalue weighted by Crippen LogP contribution is -2.08. The van der Waals surface area contributed by atoms with Crippen LogP contribution in [0.15, 0.2) is 18.2 Å². The fourth-order valence-corrected chi connectivity index (χ4v) is 1.39. The molecule has 0 heterocycles. The summed E-state index contributed by atoms with van der Waals surface area (Å²) in [5, 5.41) is 0.639. The lowest BCUT2D eigenvalue weighted by atomic mass is 10.1. The van der Waals surface area contributed by atoms with Crippen LogP contribution in [0, 0.1) is 0 Å². The molecule has 0 aromatic heterocycles. The highest BCUT2D eigenvalue weighted by Crippen LogP contribution is 2.26. The molecule has 0 radical (unpaired) electrons. The molecule has 0 aliphatic rings. The molecule has 0 saturated carbocycles. The van der Waals surface area contributed by atoms with Gasteiger partial charge in [-0.2, -0.15) is 0 Å². The molecule has 0 amide bonds. The van der Waals surface area contributed by atoms with E-state index >= 15 is 0 Å². The van der Waals surface area contributed by atoms with Gasteiger partial charge in [-0.1, -0.05) is 17.7 Å². The SMILES string of the molecule is C[C@@H](N)c1c(N)cccc1Cl. The summed E-state index contributed by atoms with van der Waals surface area (Å²) in [7, 11) is 0. The van der Waals surface area contributed by atoms with Crippen molar-refractivity contribution in [1.29, 1.82) is 0 Å². The molecule has 4 N–H and O–H groups in total. The summed E-state index contributed by atoms with van der Waals surface area (Å²) in [6.07, 6.45) is 0. The van der Waals surface area contributed by atoms with Crippen molar-refractivity contribution in [3.63, 3.8) is 0 Å². The third-order valence-electron chi connectivity index (χ3n) is 1.54. The van der Waals surface area contributed by atoms with Gasteiger partial charge in [0.05, 0.1) is 0 Å². The second-order valence-electron chi connectivity index (χ2n) is 2.53. The molecule has 11 heavy (non-hydrogen) atoms. The quantitative estimate of drug-likeness (QED) is 0.633. The Kier molecular flexibility index (Phi) is 2.37. The minimum atomic E-state index is -0.108. The monoisotopic (exact) mass is 170 g/mol. The number of rotatable bonds is 1. The van der Waals surface area contributed by atoms with Crippen molar-refractivity contribution in [2.45, 2.75) is 13.0 Å². The molecule has 1 rings (SSSR count). The first-order valence-electron chi connectivity index (χ1n) is 3.42. The molecule has 0 unspecified atom stereocenters. The summed E-state index contributed by atoms with van der Waals surface area (Å²) < 4.78 is 0. The molecule has 3 heteroatoms. The fourth-order valence-electron chi connectivity index (χ4n) is 1.03. The highest BCUT2D eigenvalue weighted by atomic mass is 35.5. The Balaban J connectivity index is 3.21. The maximum Gasteiger partial charge on any atom is 0.0474 e. The number of nitrogens with two attached hydrogens (primary N) is 2. The van der Waals surface area contributed by atoms with Crippen LogP contribution >= 0.6 is 11.6 Å². The Labute approximate surface area is 71.1 Å². The van der Waals surface area contributed by atoms with Crippen molar-refractivity contribution in [1.82, 2.24) is 0 Å². The Morgan fingerprint density at radius 2 is 2.09 bits per heavy atom. The zero-order valence-electron chi connectivity index (χ0n) is 6.34. The van der Waals surface area contributed by atoms with Crippen LogP contribution in [0.3, 0.4) is 0 Å². The van der Waals surface area contributed by atoms with E-state index < -0.39 is 0 Å². The van der Waals surface area contributed by atoms with E-state index in [2.05, 4.69) is 0 Å². The molecule has 0 saturated heterocycles. The number of benzene rings is 1. The zero-order chi connectivity index (χ0) is 8.43. The molecular formula is C8H11ClN2. The Morgan fingerprint density at radius 1 is 1.45 bits per heavy atom. The summed E-state index contributed by atoms with van der Waals surface area (Å²) in [6.45, 7) is 1.86. The number of nitrogen functional groups attached to an aromatic ring is 1. The largest absolute Gasteiger partial charge is 0.398 e. The summed E-state index contributed by atoms with van der Waals surface area (Å²) in [5.41, 5.74) is 12.8. The van der Waals surface area contributed by atoms with E-state index in [1.807, 2.05) is 13.0 Å². The summed E-state index contributed by atoms with van der Waals surface area (Å²) >= 11 is 5.86. The van der Waals surface area contributed by atoms with E-state index in [4.69, 9.17) is 23.1 Å². The molecule has 2 nitrogen and oxygen atoms in total. The summed E-state index contributed by atoms with van der Waals surface area (Å²) in [4.78, 5) is 0. The average Bonchev–Trinajstić information content (AvgIpc) is 1.85. The van der Waals surface area contributed by atoms with Gasteiger partial charge in [0.25, 0.3) is 0 Å². The van der Waals surface area contributed by atoms with Crippen molar-refractivity contribution in [3.8, 4) is 0 Å². The summed E-state index contributed by atoms with van der Waals surface area (Å²) in [6, 6.07) is 5.29. The summed E-state index contributed by atoms with van der Waals surface area (Å²) in [5.74, 6) is 0. The number of halogens is 1. The number of hydrogen-bond acceptors (Lipinski definition) is 2. The van der Waals surface area contributed by atoms with Crippen molar-refractivity contribution in [2.24, 2.45) is 5.73 Å². The Bertz CT molecular complexity index is 238. The lowest BCUT2D eigenvalue weighted by molar-refractivity contribution is 0.821. The Hall–Kier alpha value is -0.730. The van der Waals surface area contributed by atoms with Crippen LogP contribution in [0.5, 0.6) is 0 Å². The van der Waals surface area contributed by atoms with Gasteiger partial charge in [-0.25, -0.2) is 0 Å². The molecule has 0 spiro atoms. The molecule has 0 fully saturated rings. The van der Waals surface area contributed by atoms with E-state index in [0.29, 0.717) is 10.7 Å². The number of hydrogen-bond donors (Lipinski definition) is 2. The smallest absolute Gasteiger partial charge is 0.0474 e. The standard InChI is InChI=1S/C8H11ClN2/c1-5(10)8-6(9)3-2-4-7(8)11/h2-5H,10-11H2,1H3/t5-/m1/s1. The van der Waals surface area contributed by atoms with Gasteiger partial charge in [-0.15, -0.1) is 0 Å². The van der Waals surface area contributed by atoms with E-state index in [1.54, 1.807) is 12.1 Å². The van der Waals surface area contributed by atoms with Crippen LogP contribution in [0.25, 0.3) is 0 Å². The van der Waals surface area contributed by atoms with Gasteiger partial charge in [-0.05, 0) is 19.1 Å². The van der Waals surface area contributed by atoms with Crippen LogP contribution in [0.4, 0.5) is 5.69 Å². The molecule has 1 aromatic carbocycles. The number of anilines is 1. The van der Waals surface area contributed by atoms with Gasteiger partial charge in [0.1, 0.15) is 0 Å². The second-order valence-corrected chi connectivity index (χ2v) is 2.94. The van der Waals surface area contributed by atoms with E-state index in [9.17, 15) is 0 Å². The molecule has 0 aliphatic heterocycles. The molecule has 0 aliphatic carbocycles. The molecule has 1 atom stereocenters. The zero-order valence-corrected chi connectivity index (χ0v) is 7.10. The normalized spacial score (nSPS) is 13.0. The first-order chi connectivity index (χ1) is 5.13. The minimum Gasteiger partial charge on any atom is -0.398 e. The van der Waals surface area contributed by atoms with E-state index in [1.165, 1.54) is 0 Å². The van der Waals surface area contributed by atoms with Gasteiger partial charge in [-0.3, -0.25) is 0 Å². The lowest BCUT2D eigenvalue weighted by Gasteiger charge is -2.10. The minimum absolute atomic E-state index is 0.108. The van der Waals surface area contributed by atoms with Crippen molar-refractivity contribution < 1.29 is 0 Å². The molecular weight excluding hydrogens is 160 g/mol. The third-order valence-corrected chi connectivity index (χ3v) is 1.87.